The molecule has 45 heavy (non-hydrogen) atoms. The van der Waals surface area contributed by atoms with E-state index in [4.69, 9.17) is 32.9 Å². The van der Waals surface area contributed by atoms with Gasteiger partial charge in [0.15, 0.2) is 6.10 Å². The Labute approximate surface area is 270 Å². The number of halogens is 2. The number of pyridine rings is 1. The van der Waals surface area contributed by atoms with Gasteiger partial charge in [-0.25, -0.2) is 9.78 Å². The van der Waals surface area contributed by atoms with Gasteiger partial charge < -0.3 is 4.74 Å². The molecule has 3 aliphatic rings. The molecule has 0 N–H and O–H groups in total. The predicted octanol–water partition coefficient (Wildman–Crippen LogP) is 7.44. The molecule has 3 aromatic carbocycles. The van der Waals surface area contributed by atoms with Gasteiger partial charge >= 0.3 is 5.97 Å². The molecule has 4 aromatic rings. The predicted molar refractivity (Wildman–Crippen MR) is 173 cm³/mol. The van der Waals surface area contributed by atoms with Gasteiger partial charge in [0.05, 0.1) is 34.3 Å². The van der Waals surface area contributed by atoms with E-state index in [0.29, 0.717) is 50.3 Å². The summed E-state index contributed by atoms with van der Waals surface area (Å²) in [5, 5.41) is 1.09. The van der Waals surface area contributed by atoms with Crippen LogP contribution in [0.25, 0.3) is 22.2 Å². The van der Waals surface area contributed by atoms with E-state index in [1.54, 1.807) is 60.7 Å². The molecule has 1 aliphatic heterocycles. The van der Waals surface area contributed by atoms with E-state index in [2.05, 4.69) is 0 Å². The van der Waals surface area contributed by atoms with Gasteiger partial charge in [-0.05, 0) is 86.1 Å². The summed E-state index contributed by atoms with van der Waals surface area (Å²) in [6, 6.07) is 20.7. The number of Topliss-reactive ketones (excluding diaryl/α,β-unsaturated/α-hetero) is 1. The fourth-order valence-electron chi connectivity index (χ4n) is 7.49. The van der Waals surface area contributed by atoms with E-state index in [-0.39, 0.29) is 47.3 Å². The molecule has 7 rings (SSSR count). The van der Waals surface area contributed by atoms with Crippen molar-refractivity contribution in [3.05, 3.63) is 94.5 Å². The smallest absolute Gasteiger partial charge is 0.339 e. The fraction of sp³-hybridized carbons (Fsp3) is 0.306. The third-order valence-corrected chi connectivity index (χ3v) is 10.1. The van der Waals surface area contributed by atoms with Crippen LogP contribution in [0.3, 0.4) is 0 Å². The molecule has 9 heteroatoms. The van der Waals surface area contributed by atoms with Crippen LogP contribution in [0.5, 0.6) is 0 Å². The number of benzene rings is 3. The number of ketones is 1. The first-order chi connectivity index (χ1) is 21.7. The number of hydrogen-bond acceptors (Lipinski definition) is 6. The summed E-state index contributed by atoms with van der Waals surface area (Å²) >= 11 is 12.0. The van der Waals surface area contributed by atoms with Gasteiger partial charge in [-0.3, -0.25) is 19.3 Å². The molecule has 1 saturated heterocycles. The number of esters is 1. The Hall–Kier alpha value is -4.07. The highest BCUT2D eigenvalue weighted by atomic mass is 35.5. The van der Waals surface area contributed by atoms with Crippen LogP contribution in [-0.2, 0) is 14.3 Å². The summed E-state index contributed by atoms with van der Waals surface area (Å²) in [7, 11) is 0. The van der Waals surface area contributed by atoms with Gasteiger partial charge in [-0.2, -0.15) is 0 Å². The summed E-state index contributed by atoms with van der Waals surface area (Å²) in [5.41, 5.74) is 3.88. The number of amides is 2. The van der Waals surface area contributed by atoms with Crippen LogP contribution in [-0.4, -0.2) is 40.5 Å². The average molecular weight is 642 g/mol. The summed E-state index contributed by atoms with van der Waals surface area (Å²) in [4.78, 5) is 59.9. The van der Waals surface area contributed by atoms with Crippen molar-refractivity contribution in [1.29, 1.82) is 0 Å². The van der Waals surface area contributed by atoms with E-state index in [9.17, 15) is 19.2 Å². The van der Waals surface area contributed by atoms with Crippen LogP contribution in [0.4, 0.5) is 5.69 Å². The Morgan fingerprint density at radius 3 is 2.27 bits per heavy atom. The average Bonchev–Trinajstić information content (AvgIpc) is 3.74. The Kier molecular flexibility index (Phi) is 7.70. The highest BCUT2D eigenvalue weighted by Gasteiger charge is 2.61. The highest BCUT2D eigenvalue weighted by molar-refractivity contribution is 6.30. The quantitative estimate of drug-likeness (QED) is 0.0860. The standard InChI is InChI=1S/C36H30Cl2N2O5/c1-19-3-2-4-26-27(36(44)45-29(15-16-37)33(41)21-7-11-24(38)12-8-21)18-28(39-32(19)26)20-9-13-25(14-10-20)40-34(42)30-22-5-6-23(17-22)31(30)35(40)43/h2-4,7-14,18,22-23,29-31H,5-6,15-17H2,1H3. The summed E-state index contributed by atoms with van der Waals surface area (Å²) in [6.07, 6.45) is 2.09. The van der Waals surface area contributed by atoms with Crippen molar-refractivity contribution in [1.82, 2.24) is 4.98 Å². The number of nitrogens with zero attached hydrogens (tertiary/aromatic N) is 2. The van der Waals surface area contributed by atoms with E-state index >= 15 is 0 Å². The number of anilines is 1. The maximum atomic E-state index is 13.7. The lowest BCUT2D eigenvalue weighted by molar-refractivity contribution is -0.123. The molecule has 7 nitrogen and oxygen atoms in total. The minimum atomic E-state index is -1.09. The lowest BCUT2D eigenvalue weighted by atomic mass is 9.81. The SMILES string of the molecule is Cc1cccc2c(C(=O)OC(CCCl)C(=O)c3ccc(Cl)cc3)cc(-c3ccc(N4C(=O)C5C6CCC(C6)C5C4=O)cc3)nc12. The molecule has 2 bridgehead atoms. The Morgan fingerprint density at radius 1 is 0.956 bits per heavy atom. The van der Waals surface area contributed by atoms with Crippen molar-refractivity contribution in [2.24, 2.45) is 23.7 Å². The first-order valence-corrected chi connectivity index (χ1v) is 16.1. The fourth-order valence-corrected chi connectivity index (χ4v) is 7.81. The number of hydrogen-bond donors (Lipinski definition) is 0. The molecule has 2 saturated carbocycles. The van der Waals surface area contributed by atoms with Gasteiger partial charge in [-0.15, -0.1) is 11.6 Å². The minimum Gasteiger partial charge on any atom is -0.450 e. The molecular formula is C36H30Cl2N2O5. The number of fused-ring (bicyclic) bond motifs is 6. The Balaban J connectivity index is 1.20. The largest absolute Gasteiger partial charge is 0.450 e. The third-order valence-electron chi connectivity index (χ3n) is 9.65. The number of aromatic nitrogens is 1. The zero-order chi connectivity index (χ0) is 31.4. The van der Waals surface area contributed by atoms with Gasteiger partial charge in [0.1, 0.15) is 0 Å². The van der Waals surface area contributed by atoms with Crippen LogP contribution < -0.4 is 4.90 Å². The first-order valence-electron chi connectivity index (χ1n) is 15.2. The van der Waals surface area contributed by atoms with Crippen molar-refractivity contribution in [3.8, 4) is 11.3 Å². The van der Waals surface area contributed by atoms with Gasteiger partial charge in [-0.1, -0.05) is 41.9 Å². The zero-order valence-corrected chi connectivity index (χ0v) is 26.1. The first kappa shape index (κ1) is 29.6. The van der Waals surface area contributed by atoms with Crippen LogP contribution in [0, 0.1) is 30.6 Å². The number of para-hydroxylation sites is 1. The molecule has 5 unspecified atom stereocenters. The second-order valence-corrected chi connectivity index (χ2v) is 13.0. The van der Waals surface area contributed by atoms with Crippen LogP contribution in [0.2, 0.25) is 5.02 Å². The molecule has 5 atom stereocenters. The maximum absolute atomic E-state index is 13.7. The van der Waals surface area contributed by atoms with Crippen LogP contribution in [0.15, 0.2) is 72.8 Å². The molecule has 0 spiro atoms. The molecule has 3 fully saturated rings. The number of alkyl halides is 1. The van der Waals surface area contributed by atoms with Crippen molar-refractivity contribution >= 4 is 63.4 Å². The molecule has 2 aliphatic carbocycles. The Morgan fingerprint density at radius 2 is 1.62 bits per heavy atom. The van der Waals surface area contributed by atoms with Gasteiger partial charge in [0, 0.05) is 33.8 Å². The number of rotatable bonds is 8. The van der Waals surface area contributed by atoms with Crippen molar-refractivity contribution in [2.75, 3.05) is 10.8 Å². The highest BCUT2D eigenvalue weighted by Crippen LogP contribution is 2.56. The zero-order valence-electron chi connectivity index (χ0n) is 24.5. The van der Waals surface area contributed by atoms with Crippen LogP contribution >= 0.6 is 23.2 Å². The molecule has 228 valence electrons. The molecule has 2 heterocycles. The molecular weight excluding hydrogens is 611 g/mol. The van der Waals surface area contributed by atoms with Gasteiger partial charge in [0.2, 0.25) is 17.6 Å². The molecule has 1 aromatic heterocycles. The third kappa shape index (κ3) is 5.12. The van der Waals surface area contributed by atoms with E-state index in [1.165, 1.54) is 4.90 Å². The van der Waals surface area contributed by atoms with Crippen molar-refractivity contribution < 1.29 is 23.9 Å². The normalized spacial score (nSPS) is 22.6. The van der Waals surface area contributed by atoms with Crippen LogP contribution in [0.1, 0.15) is 52.0 Å². The minimum absolute atomic E-state index is 0.0888. The van der Waals surface area contributed by atoms with Gasteiger partial charge in [0.25, 0.3) is 0 Å². The Bertz CT molecular complexity index is 1830. The summed E-state index contributed by atoms with van der Waals surface area (Å²) in [6.45, 7) is 1.91. The number of ether oxygens (including phenoxy) is 1. The second kappa shape index (κ2) is 11.7. The lowest BCUT2D eigenvalue weighted by Crippen LogP contribution is -2.32. The summed E-state index contributed by atoms with van der Waals surface area (Å²) in [5.74, 6) is -0.845. The van der Waals surface area contributed by atoms with E-state index in [1.807, 2.05) is 19.1 Å². The lowest BCUT2D eigenvalue weighted by Gasteiger charge is -2.19. The monoisotopic (exact) mass is 640 g/mol. The number of carbonyl (C=O) groups is 4. The molecule has 0 radical (unpaired) electrons. The van der Waals surface area contributed by atoms with Crippen molar-refractivity contribution in [2.45, 2.75) is 38.7 Å². The molecule has 2 amide bonds. The topological polar surface area (TPSA) is 93.6 Å². The number of aryl methyl sites for hydroxylation is 1. The summed E-state index contributed by atoms with van der Waals surface area (Å²) < 4.78 is 5.82. The number of imide groups is 1. The second-order valence-electron chi connectivity index (χ2n) is 12.2. The van der Waals surface area contributed by atoms with E-state index in [0.717, 1.165) is 24.8 Å². The van der Waals surface area contributed by atoms with Crippen molar-refractivity contribution in [3.63, 3.8) is 0 Å². The van der Waals surface area contributed by atoms with E-state index < -0.39 is 12.1 Å². The maximum Gasteiger partial charge on any atom is 0.339 e. The number of carbonyl (C=O) groups excluding carboxylic acids is 4.